The van der Waals surface area contributed by atoms with Gasteiger partial charge in [0.25, 0.3) is 0 Å². The van der Waals surface area contributed by atoms with Gasteiger partial charge in [-0.3, -0.25) is 0 Å². The van der Waals surface area contributed by atoms with Gasteiger partial charge in [-0.2, -0.15) is 18.2 Å². The van der Waals surface area contributed by atoms with Crippen molar-refractivity contribution in [3.8, 4) is 17.3 Å². The Morgan fingerprint density at radius 1 is 0.692 bits per heavy atom. The summed E-state index contributed by atoms with van der Waals surface area (Å²) in [5.41, 5.74) is 4.54. The molecule has 256 valence electrons. The van der Waals surface area contributed by atoms with Crippen molar-refractivity contribution in [2.24, 2.45) is 0 Å². The van der Waals surface area contributed by atoms with Crippen molar-refractivity contribution in [1.82, 2.24) is 9.55 Å². The molecule has 52 heavy (non-hydrogen) atoms. The molecule has 9 rings (SSSR count). The second-order valence-corrected chi connectivity index (χ2v) is 16.5. The molecular formula is C45H33N2O3PPt. The first-order valence-electron chi connectivity index (χ1n) is 17.0. The van der Waals surface area contributed by atoms with Gasteiger partial charge in [-0.25, -0.2) is 4.98 Å². The molecule has 0 aliphatic heterocycles. The maximum atomic E-state index is 15.1. The zero-order valence-corrected chi connectivity index (χ0v) is 31.9. The molecule has 0 bridgehead atoms. The van der Waals surface area contributed by atoms with Gasteiger partial charge < -0.3 is 18.3 Å². The van der Waals surface area contributed by atoms with Gasteiger partial charge in [-0.05, 0) is 46.7 Å². The van der Waals surface area contributed by atoms with Crippen molar-refractivity contribution >= 4 is 66.8 Å². The van der Waals surface area contributed by atoms with Crippen LogP contribution in [0.1, 0.15) is 26.3 Å². The van der Waals surface area contributed by atoms with E-state index in [2.05, 4.69) is 73.9 Å². The number of para-hydroxylation sites is 1. The van der Waals surface area contributed by atoms with Crippen molar-refractivity contribution in [3.05, 3.63) is 163 Å². The van der Waals surface area contributed by atoms with Crippen LogP contribution in [0.4, 0.5) is 0 Å². The van der Waals surface area contributed by atoms with Gasteiger partial charge in [0.15, 0.2) is 0 Å². The third kappa shape index (κ3) is 5.60. The minimum absolute atomic E-state index is 0. The molecule has 0 amide bonds. The van der Waals surface area contributed by atoms with Crippen LogP contribution in [0.15, 0.2) is 150 Å². The molecule has 7 heteroatoms. The van der Waals surface area contributed by atoms with Crippen LogP contribution in [0.25, 0.3) is 49.6 Å². The molecule has 5 nitrogen and oxygen atoms in total. The normalized spacial score (nSPS) is 12.1. The first kappa shape index (κ1) is 33.9. The van der Waals surface area contributed by atoms with Crippen LogP contribution >= 0.6 is 7.14 Å². The Balaban J connectivity index is 0.00000387. The van der Waals surface area contributed by atoms with Gasteiger partial charge in [0.05, 0.1) is 0 Å². The van der Waals surface area contributed by atoms with Crippen molar-refractivity contribution in [2.75, 3.05) is 0 Å². The minimum atomic E-state index is -3.24. The number of furan rings is 1. The number of fused-ring (bicyclic) bond motifs is 7. The number of rotatable bonds is 6. The third-order valence-electron chi connectivity index (χ3n) is 9.55. The average Bonchev–Trinajstić information content (AvgIpc) is 3.70. The van der Waals surface area contributed by atoms with E-state index in [0.29, 0.717) is 16.8 Å². The number of aromatic nitrogens is 2. The molecule has 6 aromatic carbocycles. The molecule has 0 aliphatic carbocycles. The Hall–Kier alpha value is -5.21. The Morgan fingerprint density at radius 2 is 1.37 bits per heavy atom. The Morgan fingerprint density at radius 3 is 2.10 bits per heavy atom. The number of benzene rings is 6. The zero-order chi connectivity index (χ0) is 34.7. The maximum Gasteiger partial charge on any atom is 2.00 e. The van der Waals surface area contributed by atoms with E-state index in [1.807, 2.05) is 109 Å². The van der Waals surface area contributed by atoms with Gasteiger partial charge in [-0.15, -0.1) is 24.3 Å². The van der Waals surface area contributed by atoms with Gasteiger partial charge in [-0.1, -0.05) is 116 Å². The Labute approximate surface area is 316 Å². The van der Waals surface area contributed by atoms with Crippen LogP contribution < -0.4 is 20.7 Å². The molecule has 3 heterocycles. The van der Waals surface area contributed by atoms with Crippen molar-refractivity contribution in [3.63, 3.8) is 0 Å². The monoisotopic (exact) mass is 875 g/mol. The topological polar surface area (TPSA) is 57.3 Å². The van der Waals surface area contributed by atoms with Crippen LogP contribution in [0.5, 0.6) is 11.5 Å². The van der Waals surface area contributed by atoms with Gasteiger partial charge in [0, 0.05) is 44.6 Å². The number of hydrogen-bond donors (Lipinski definition) is 0. The molecule has 0 unspecified atom stereocenters. The molecule has 0 fully saturated rings. The predicted molar refractivity (Wildman–Crippen MR) is 208 cm³/mol. The largest absolute Gasteiger partial charge is 2.00 e. The molecule has 0 radical (unpaired) electrons. The van der Waals surface area contributed by atoms with E-state index in [-0.39, 0.29) is 26.5 Å². The summed E-state index contributed by atoms with van der Waals surface area (Å²) in [7, 11) is -3.24. The number of pyridine rings is 1. The number of ether oxygens (including phenoxy) is 1. The van der Waals surface area contributed by atoms with Gasteiger partial charge in [0.1, 0.15) is 24.1 Å². The number of hydrogen-bond acceptors (Lipinski definition) is 4. The summed E-state index contributed by atoms with van der Waals surface area (Å²) in [6.07, 6.45) is 1.87. The zero-order valence-electron chi connectivity index (χ0n) is 28.7. The first-order chi connectivity index (χ1) is 24.8. The fraction of sp³-hybridized carbons (Fsp3) is 0.0889. The molecule has 0 saturated carbocycles. The van der Waals surface area contributed by atoms with E-state index in [1.165, 1.54) is 5.56 Å². The summed E-state index contributed by atoms with van der Waals surface area (Å²) >= 11 is 0. The first-order valence-corrected chi connectivity index (χ1v) is 18.7. The van der Waals surface area contributed by atoms with Crippen LogP contribution in [0.2, 0.25) is 0 Å². The molecular weight excluding hydrogens is 843 g/mol. The van der Waals surface area contributed by atoms with E-state index >= 15 is 4.57 Å². The summed E-state index contributed by atoms with van der Waals surface area (Å²) < 4.78 is 30.2. The quantitative estimate of drug-likeness (QED) is 0.123. The van der Waals surface area contributed by atoms with E-state index in [4.69, 9.17) is 14.1 Å². The summed E-state index contributed by atoms with van der Waals surface area (Å²) in [5, 5.41) is 6.15. The second kappa shape index (κ2) is 13.1. The molecule has 0 atom stereocenters. The minimum Gasteiger partial charge on any atom is -0.509 e. The van der Waals surface area contributed by atoms with Crippen molar-refractivity contribution in [2.45, 2.75) is 26.2 Å². The molecule has 0 saturated heterocycles. The molecule has 0 aliphatic rings. The number of nitrogens with zero attached hydrogens (tertiary/aromatic N) is 2. The van der Waals surface area contributed by atoms with E-state index < -0.39 is 7.14 Å². The van der Waals surface area contributed by atoms with E-state index in [9.17, 15) is 0 Å². The van der Waals surface area contributed by atoms with Gasteiger partial charge in [0.2, 0.25) is 0 Å². The smallest absolute Gasteiger partial charge is 0.509 e. The van der Waals surface area contributed by atoms with Crippen molar-refractivity contribution in [1.29, 1.82) is 0 Å². The van der Waals surface area contributed by atoms with Crippen molar-refractivity contribution < 1.29 is 34.8 Å². The van der Waals surface area contributed by atoms with E-state index in [0.717, 1.165) is 60.2 Å². The Bertz CT molecular complexity index is 2760. The molecule has 0 N–H and O–H groups in total. The van der Waals surface area contributed by atoms with Crippen LogP contribution in [-0.4, -0.2) is 9.55 Å². The summed E-state index contributed by atoms with van der Waals surface area (Å²) in [4.78, 5) is 4.86. The third-order valence-corrected chi connectivity index (χ3v) is 12.5. The summed E-state index contributed by atoms with van der Waals surface area (Å²) in [6.45, 7) is 6.60. The van der Waals surface area contributed by atoms with Gasteiger partial charge >= 0.3 is 21.1 Å². The molecule has 0 spiro atoms. The summed E-state index contributed by atoms with van der Waals surface area (Å²) in [5.74, 6) is 1.74. The fourth-order valence-corrected chi connectivity index (χ4v) is 9.60. The average molecular weight is 876 g/mol. The van der Waals surface area contributed by atoms with Crippen LogP contribution in [-0.2, 0) is 31.0 Å². The molecule has 9 aromatic rings. The maximum absolute atomic E-state index is 15.1. The standard InChI is InChI=1S/C45H33N2O3P.Pt/c1-45(2,3)30-25-26-46-42(27-30)47-39-24-23-37-36-19-10-11-20-41(36)50-44(37)43(39)38-22-21-32(29-40(38)47)49-31-13-12-18-35(28-31)51(48,33-14-6-4-7-15-33)34-16-8-5-9-17-34;/h4-27H,1-3H3;/q-2;+2. The predicted octanol–water partition coefficient (Wildman–Crippen LogP) is 10.4. The molecule has 3 aromatic heterocycles. The van der Waals surface area contributed by atoms with Crippen LogP contribution in [0.3, 0.4) is 0 Å². The van der Waals surface area contributed by atoms with E-state index in [1.54, 1.807) is 0 Å². The Kier molecular flexibility index (Phi) is 8.53. The second-order valence-electron chi connectivity index (χ2n) is 13.8. The summed E-state index contributed by atoms with van der Waals surface area (Å²) in [6, 6.07) is 52.3. The van der Waals surface area contributed by atoms with Crippen LogP contribution in [0, 0.1) is 12.1 Å². The SMILES string of the molecule is CC(C)(C)c1ccnc(-n2c3[c-]c(Oc4[c-]c(P(=O)(c5ccccc5)c5ccccc5)ccc4)ccc3c3c4oc5ccccc5c4ccc32)c1.[Pt+2]. The fourth-order valence-electron chi connectivity index (χ4n) is 6.99.